The first kappa shape index (κ1) is 18.2. The molecular weight excluding hydrogens is 320 g/mol. The minimum atomic E-state index is -2.82. The van der Waals surface area contributed by atoms with Gasteiger partial charge in [-0.25, -0.2) is 8.99 Å². The van der Waals surface area contributed by atoms with Gasteiger partial charge in [0.15, 0.2) is 0 Å². The van der Waals surface area contributed by atoms with Crippen LogP contribution in [0.4, 0.5) is 0 Å². The zero-order chi connectivity index (χ0) is 17.8. The van der Waals surface area contributed by atoms with Gasteiger partial charge in [-0.05, 0) is 35.6 Å². The van der Waals surface area contributed by atoms with Gasteiger partial charge in [0.1, 0.15) is 0 Å². The molecule has 4 nitrogen and oxygen atoms in total. The highest BCUT2D eigenvalue weighted by Gasteiger charge is 2.20. The number of carbonyl (C=O) groups excluding carboxylic acids is 1. The third-order valence-corrected chi connectivity index (χ3v) is 4.95. The molecule has 0 saturated carbocycles. The normalized spacial score (nSPS) is 14.0. The van der Waals surface area contributed by atoms with Crippen molar-refractivity contribution in [2.24, 2.45) is 5.41 Å². The molecule has 0 heterocycles. The third-order valence-electron chi connectivity index (χ3n) is 3.80. The standard InChI is InChI=1S/C19H24N2O2S/c1-19(2,13-15-8-5-4-6-9-15)14-21-18(22)16-10-7-11-17(12-16)24(3,20)23/h4-12,20H,13-14H2,1-3H3,(H,21,22). The van der Waals surface area contributed by atoms with E-state index in [2.05, 4.69) is 31.3 Å². The Balaban J connectivity index is 2.02. The van der Waals surface area contributed by atoms with Gasteiger partial charge < -0.3 is 5.32 Å². The van der Waals surface area contributed by atoms with Gasteiger partial charge >= 0.3 is 0 Å². The summed E-state index contributed by atoms with van der Waals surface area (Å²) >= 11 is 0. The van der Waals surface area contributed by atoms with Crippen LogP contribution in [-0.2, 0) is 16.1 Å². The molecule has 128 valence electrons. The molecule has 0 radical (unpaired) electrons. The SMILES string of the molecule is CC(C)(CNC(=O)c1cccc(S(C)(=N)=O)c1)Cc1ccccc1. The molecule has 0 aromatic heterocycles. The maximum atomic E-state index is 12.4. The first-order valence-corrected chi connectivity index (χ1v) is 9.80. The van der Waals surface area contributed by atoms with Gasteiger partial charge in [-0.3, -0.25) is 4.79 Å². The van der Waals surface area contributed by atoms with Gasteiger partial charge in [0.25, 0.3) is 5.91 Å². The second-order valence-electron chi connectivity index (χ2n) is 6.88. The van der Waals surface area contributed by atoms with Crippen LogP contribution in [0, 0.1) is 10.2 Å². The predicted octanol–water partition coefficient (Wildman–Crippen LogP) is 3.72. The van der Waals surface area contributed by atoms with Crippen LogP contribution < -0.4 is 5.32 Å². The summed E-state index contributed by atoms with van der Waals surface area (Å²) in [5.74, 6) is -0.207. The minimum absolute atomic E-state index is 0.0810. The first-order chi connectivity index (χ1) is 11.2. The maximum Gasteiger partial charge on any atom is 0.251 e. The molecule has 24 heavy (non-hydrogen) atoms. The van der Waals surface area contributed by atoms with Crippen molar-refractivity contribution in [1.82, 2.24) is 5.32 Å². The highest BCUT2D eigenvalue weighted by molar-refractivity contribution is 7.91. The minimum Gasteiger partial charge on any atom is -0.351 e. The smallest absolute Gasteiger partial charge is 0.251 e. The fourth-order valence-electron chi connectivity index (χ4n) is 2.51. The van der Waals surface area contributed by atoms with Crippen LogP contribution in [-0.4, -0.2) is 22.9 Å². The van der Waals surface area contributed by atoms with Crippen molar-refractivity contribution in [3.63, 3.8) is 0 Å². The highest BCUT2D eigenvalue weighted by Crippen LogP contribution is 2.21. The number of amides is 1. The lowest BCUT2D eigenvalue weighted by Crippen LogP contribution is -2.35. The number of hydrogen-bond donors (Lipinski definition) is 2. The van der Waals surface area contributed by atoms with E-state index in [1.807, 2.05) is 18.2 Å². The molecule has 2 N–H and O–H groups in total. The van der Waals surface area contributed by atoms with E-state index in [0.717, 1.165) is 6.42 Å². The number of carbonyl (C=O) groups is 1. The number of hydrogen-bond acceptors (Lipinski definition) is 3. The van der Waals surface area contributed by atoms with Crippen LogP contribution in [0.5, 0.6) is 0 Å². The average molecular weight is 344 g/mol. The third kappa shape index (κ3) is 5.20. The molecule has 1 amide bonds. The Morgan fingerprint density at radius 1 is 1.12 bits per heavy atom. The van der Waals surface area contributed by atoms with E-state index >= 15 is 0 Å². The molecule has 0 spiro atoms. The molecule has 0 aliphatic heterocycles. The second kappa shape index (κ2) is 7.18. The van der Waals surface area contributed by atoms with Gasteiger partial charge in [-0.2, -0.15) is 0 Å². The molecule has 0 aliphatic carbocycles. The van der Waals surface area contributed by atoms with Crippen LogP contribution >= 0.6 is 0 Å². The molecule has 1 unspecified atom stereocenters. The van der Waals surface area contributed by atoms with Crippen molar-refractivity contribution in [2.45, 2.75) is 25.2 Å². The fourth-order valence-corrected chi connectivity index (χ4v) is 3.20. The molecule has 2 aromatic carbocycles. The lowest BCUT2D eigenvalue weighted by molar-refractivity contribution is 0.0936. The predicted molar refractivity (Wildman–Crippen MR) is 97.8 cm³/mol. The maximum absolute atomic E-state index is 12.4. The van der Waals surface area contributed by atoms with E-state index < -0.39 is 9.73 Å². The molecule has 2 rings (SSSR count). The van der Waals surface area contributed by atoms with Gasteiger partial charge in [-0.1, -0.05) is 50.2 Å². The Morgan fingerprint density at radius 3 is 2.42 bits per heavy atom. The number of rotatable bonds is 6. The summed E-state index contributed by atoms with van der Waals surface area (Å²) in [6, 6.07) is 16.7. The molecule has 0 bridgehead atoms. The van der Waals surface area contributed by atoms with Crippen molar-refractivity contribution in [3.8, 4) is 0 Å². The average Bonchev–Trinajstić information content (AvgIpc) is 2.52. The Labute approximate surface area is 144 Å². The Morgan fingerprint density at radius 2 is 1.79 bits per heavy atom. The van der Waals surface area contributed by atoms with E-state index in [0.29, 0.717) is 17.0 Å². The van der Waals surface area contributed by atoms with Crippen LogP contribution in [0.2, 0.25) is 0 Å². The quantitative estimate of drug-likeness (QED) is 0.838. The van der Waals surface area contributed by atoms with Crippen molar-refractivity contribution < 1.29 is 9.00 Å². The summed E-state index contributed by atoms with van der Waals surface area (Å²) < 4.78 is 19.5. The lowest BCUT2D eigenvalue weighted by atomic mass is 9.85. The summed E-state index contributed by atoms with van der Waals surface area (Å²) in [5, 5.41) is 2.95. The van der Waals surface area contributed by atoms with Crippen molar-refractivity contribution in [1.29, 1.82) is 4.78 Å². The summed E-state index contributed by atoms with van der Waals surface area (Å²) in [7, 11) is -2.82. The Kier molecular flexibility index (Phi) is 5.44. The largest absolute Gasteiger partial charge is 0.351 e. The fraction of sp³-hybridized carbons (Fsp3) is 0.316. The summed E-state index contributed by atoms with van der Waals surface area (Å²) in [6.45, 7) is 4.76. The summed E-state index contributed by atoms with van der Waals surface area (Å²) in [6.07, 6.45) is 2.22. The lowest BCUT2D eigenvalue weighted by Gasteiger charge is -2.25. The van der Waals surface area contributed by atoms with E-state index in [-0.39, 0.29) is 11.3 Å². The van der Waals surface area contributed by atoms with Crippen molar-refractivity contribution in [2.75, 3.05) is 12.8 Å². The van der Waals surface area contributed by atoms with Gasteiger partial charge in [0, 0.05) is 23.3 Å². The molecule has 0 aliphatic rings. The van der Waals surface area contributed by atoms with Crippen LogP contribution in [0.1, 0.15) is 29.8 Å². The van der Waals surface area contributed by atoms with E-state index in [1.165, 1.54) is 17.9 Å². The molecule has 2 aromatic rings. The summed E-state index contributed by atoms with van der Waals surface area (Å²) in [4.78, 5) is 12.7. The van der Waals surface area contributed by atoms with Crippen LogP contribution in [0.15, 0.2) is 59.5 Å². The van der Waals surface area contributed by atoms with E-state index in [1.54, 1.807) is 18.2 Å². The monoisotopic (exact) mass is 344 g/mol. The second-order valence-corrected chi connectivity index (χ2v) is 9.04. The molecule has 0 saturated heterocycles. The van der Waals surface area contributed by atoms with Gasteiger partial charge in [0.05, 0.1) is 9.73 Å². The highest BCUT2D eigenvalue weighted by atomic mass is 32.2. The first-order valence-electron chi connectivity index (χ1n) is 7.83. The van der Waals surface area contributed by atoms with Crippen molar-refractivity contribution in [3.05, 3.63) is 65.7 Å². The Hall–Kier alpha value is -2.14. The number of benzene rings is 2. The zero-order valence-electron chi connectivity index (χ0n) is 14.3. The van der Waals surface area contributed by atoms with Crippen LogP contribution in [0.25, 0.3) is 0 Å². The van der Waals surface area contributed by atoms with Gasteiger partial charge in [0.2, 0.25) is 0 Å². The number of nitrogens with one attached hydrogen (secondary N) is 2. The molecule has 1 atom stereocenters. The molecule has 5 heteroatoms. The molecular formula is C19H24N2O2S. The summed E-state index contributed by atoms with van der Waals surface area (Å²) in [5.41, 5.74) is 1.59. The zero-order valence-corrected chi connectivity index (χ0v) is 15.2. The Bertz CT molecular complexity index is 812. The topological polar surface area (TPSA) is 70.0 Å². The van der Waals surface area contributed by atoms with E-state index in [4.69, 9.17) is 4.78 Å². The molecule has 0 fully saturated rings. The van der Waals surface area contributed by atoms with Gasteiger partial charge in [-0.15, -0.1) is 0 Å². The van der Waals surface area contributed by atoms with Crippen LogP contribution in [0.3, 0.4) is 0 Å². The van der Waals surface area contributed by atoms with Crippen molar-refractivity contribution >= 4 is 15.6 Å². The van der Waals surface area contributed by atoms with E-state index in [9.17, 15) is 9.00 Å².